The van der Waals surface area contributed by atoms with E-state index in [1.807, 2.05) is 12.1 Å². The van der Waals surface area contributed by atoms with Crippen LogP contribution in [0.25, 0.3) is 0 Å². The Morgan fingerprint density at radius 2 is 1.59 bits per heavy atom. The average molecular weight is 390 g/mol. The third-order valence-electron chi connectivity index (χ3n) is 3.98. The van der Waals surface area contributed by atoms with E-state index in [1.54, 1.807) is 44.6 Å². The van der Waals surface area contributed by atoms with E-state index in [9.17, 15) is 9.59 Å². The Morgan fingerprint density at radius 3 is 2.15 bits per heavy atom. The highest BCUT2D eigenvalue weighted by molar-refractivity contribution is 8.00. The second-order valence-electron chi connectivity index (χ2n) is 5.66. The van der Waals surface area contributed by atoms with E-state index in [-0.39, 0.29) is 23.2 Å². The van der Waals surface area contributed by atoms with E-state index >= 15 is 0 Å². The molecule has 144 valence electrons. The van der Waals surface area contributed by atoms with Crippen LogP contribution in [0.15, 0.2) is 42.5 Å². The zero-order valence-electron chi connectivity index (χ0n) is 15.4. The maximum absolute atomic E-state index is 12.9. The van der Waals surface area contributed by atoms with Gasteiger partial charge in [-0.15, -0.1) is 11.8 Å². The molecular formula is C20H22O6S. The number of thioether (sulfide) groups is 1. The van der Waals surface area contributed by atoms with Gasteiger partial charge in [-0.3, -0.25) is 9.59 Å². The van der Waals surface area contributed by atoms with Gasteiger partial charge in [-0.25, -0.2) is 0 Å². The number of hydrogen-bond donors (Lipinski definition) is 1. The molecule has 1 N–H and O–H groups in total. The van der Waals surface area contributed by atoms with Gasteiger partial charge in [0, 0.05) is 17.7 Å². The van der Waals surface area contributed by atoms with Crippen molar-refractivity contribution in [3.63, 3.8) is 0 Å². The van der Waals surface area contributed by atoms with Crippen LogP contribution in [0.4, 0.5) is 0 Å². The molecule has 0 fully saturated rings. The van der Waals surface area contributed by atoms with Gasteiger partial charge >= 0.3 is 5.97 Å². The van der Waals surface area contributed by atoms with Crippen LogP contribution in [-0.2, 0) is 4.79 Å². The number of carbonyl (C=O) groups is 2. The maximum Gasteiger partial charge on any atom is 0.313 e. The first-order valence-electron chi connectivity index (χ1n) is 8.21. The SMILES string of the molecule is COc1ccc(C(CC(=O)c2ccc(OC)cc2OC)SCC(=O)O)cc1. The van der Waals surface area contributed by atoms with E-state index in [1.165, 1.54) is 18.9 Å². The molecule has 2 aromatic carbocycles. The van der Waals surface area contributed by atoms with Crippen molar-refractivity contribution in [2.75, 3.05) is 27.1 Å². The molecule has 27 heavy (non-hydrogen) atoms. The van der Waals surface area contributed by atoms with Gasteiger partial charge in [0.2, 0.25) is 0 Å². The van der Waals surface area contributed by atoms with Gasteiger partial charge in [0.15, 0.2) is 5.78 Å². The number of aliphatic carboxylic acids is 1. The van der Waals surface area contributed by atoms with E-state index < -0.39 is 5.97 Å². The van der Waals surface area contributed by atoms with E-state index in [0.717, 1.165) is 5.56 Å². The Balaban J connectivity index is 2.25. The Morgan fingerprint density at radius 1 is 0.963 bits per heavy atom. The Kier molecular flexibility index (Phi) is 7.55. The van der Waals surface area contributed by atoms with E-state index in [4.69, 9.17) is 19.3 Å². The molecule has 0 spiro atoms. The molecular weight excluding hydrogens is 368 g/mol. The topological polar surface area (TPSA) is 82.1 Å². The fourth-order valence-corrected chi connectivity index (χ4v) is 3.53. The molecule has 0 aliphatic carbocycles. The highest BCUT2D eigenvalue weighted by Gasteiger charge is 2.21. The number of carbonyl (C=O) groups excluding carboxylic acids is 1. The standard InChI is InChI=1S/C20H22O6S/c1-24-14-6-4-13(5-7-14)19(27-12-20(22)23)11-17(21)16-9-8-15(25-2)10-18(16)26-3/h4-10,19H,11-12H2,1-3H3,(H,22,23). The molecule has 2 rings (SSSR count). The molecule has 1 atom stereocenters. The van der Waals surface area contributed by atoms with Crippen LogP contribution in [0.5, 0.6) is 17.2 Å². The Labute approximate surface area is 162 Å². The Bertz CT molecular complexity index is 788. The second-order valence-corrected chi connectivity index (χ2v) is 6.85. The third-order valence-corrected chi connectivity index (χ3v) is 5.23. The molecule has 0 saturated heterocycles. The maximum atomic E-state index is 12.9. The van der Waals surface area contributed by atoms with E-state index in [2.05, 4.69) is 0 Å². The minimum absolute atomic E-state index is 0.0935. The molecule has 0 bridgehead atoms. The summed E-state index contributed by atoms with van der Waals surface area (Å²) in [6.07, 6.45) is 0.146. The van der Waals surface area contributed by atoms with Crippen LogP contribution >= 0.6 is 11.8 Å². The van der Waals surface area contributed by atoms with Crippen LogP contribution < -0.4 is 14.2 Å². The quantitative estimate of drug-likeness (QED) is 0.617. The molecule has 1 unspecified atom stereocenters. The molecule has 0 amide bonds. The minimum Gasteiger partial charge on any atom is -0.497 e. The van der Waals surface area contributed by atoms with Gasteiger partial charge in [-0.05, 0) is 29.8 Å². The third kappa shape index (κ3) is 5.65. The van der Waals surface area contributed by atoms with Crippen LogP contribution in [0, 0.1) is 0 Å². The minimum atomic E-state index is -0.923. The van der Waals surface area contributed by atoms with Crippen molar-refractivity contribution >= 4 is 23.5 Å². The normalized spacial score (nSPS) is 11.5. The fraction of sp³-hybridized carbons (Fsp3) is 0.300. The Hall–Kier alpha value is -2.67. The lowest BCUT2D eigenvalue weighted by atomic mass is 10.0. The van der Waals surface area contributed by atoms with Gasteiger partial charge in [-0.2, -0.15) is 0 Å². The van der Waals surface area contributed by atoms with Crippen molar-refractivity contribution in [2.45, 2.75) is 11.7 Å². The van der Waals surface area contributed by atoms with Crippen molar-refractivity contribution in [2.24, 2.45) is 0 Å². The van der Waals surface area contributed by atoms with Crippen molar-refractivity contribution in [3.8, 4) is 17.2 Å². The monoisotopic (exact) mass is 390 g/mol. The molecule has 0 saturated carbocycles. The number of carboxylic acids is 1. The number of ether oxygens (including phenoxy) is 3. The van der Waals surface area contributed by atoms with E-state index in [0.29, 0.717) is 22.8 Å². The smallest absolute Gasteiger partial charge is 0.313 e. The molecule has 0 radical (unpaired) electrons. The number of ketones is 1. The number of Topliss-reactive ketones (excluding diaryl/α,β-unsaturated/α-hetero) is 1. The molecule has 0 aliphatic heterocycles. The molecule has 0 heterocycles. The zero-order valence-corrected chi connectivity index (χ0v) is 16.2. The van der Waals surface area contributed by atoms with Crippen LogP contribution in [0.2, 0.25) is 0 Å². The number of methoxy groups -OCH3 is 3. The van der Waals surface area contributed by atoms with Crippen LogP contribution in [0.1, 0.15) is 27.6 Å². The molecule has 0 aromatic heterocycles. The molecule has 0 aliphatic rings. The first-order chi connectivity index (χ1) is 13.0. The highest BCUT2D eigenvalue weighted by atomic mass is 32.2. The number of carboxylic acid groups (broad SMARTS) is 1. The summed E-state index contributed by atoms with van der Waals surface area (Å²) in [5.41, 5.74) is 1.30. The first kappa shape index (κ1) is 20.6. The molecule has 7 heteroatoms. The summed E-state index contributed by atoms with van der Waals surface area (Å²) in [5.74, 6) is 0.570. The van der Waals surface area contributed by atoms with Gasteiger partial charge in [0.25, 0.3) is 0 Å². The molecule has 6 nitrogen and oxygen atoms in total. The lowest BCUT2D eigenvalue weighted by Gasteiger charge is -2.17. The van der Waals surface area contributed by atoms with Gasteiger partial charge < -0.3 is 19.3 Å². The summed E-state index contributed by atoms with van der Waals surface area (Å²) in [6, 6.07) is 12.3. The van der Waals surface area contributed by atoms with Crippen LogP contribution in [-0.4, -0.2) is 43.9 Å². The summed E-state index contributed by atoms with van der Waals surface area (Å²) in [4.78, 5) is 23.9. The summed E-state index contributed by atoms with van der Waals surface area (Å²) in [5, 5.41) is 8.72. The summed E-state index contributed by atoms with van der Waals surface area (Å²) in [7, 11) is 4.61. The van der Waals surface area contributed by atoms with Crippen molar-refractivity contribution in [1.29, 1.82) is 0 Å². The van der Waals surface area contributed by atoms with Crippen LogP contribution in [0.3, 0.4) is 0 Å². The number of rotatable bonds is 10. The average Bonchev–Trinajstić information content (AvgIpc) is 2.70. The van der Waals surface area contributed by atoms with Crippen molar-refractivity contribution in [1.82, 2.24) is 0 Å². The largest absolute Gasteiger partial charge is 0.497 e. The predicted octanol–water partition coefficient (Wildman–Crippen LogP) is 3.84. The summed E-state index contributed by atoms with van der Waals surface area (Å²) >= 11 is 1.21. The predicted molar refractivity (Wildman–Crippen MR) is 104 cm³/mol. The van der Waals surface area contributed by atoms with Gasteiger partial charge in [0.1, 0.15) is 17.2 Å². The zero-order chi connectivity index (χ0) is 19.8. The molecule has 2 aromatic rings. The second kappa shape index (κ2) is 9.87. The fourth-order valence-electron chi connectivity index (χ4n) is 2.57. The number of hydrogen-bond acceptors (Lipinski definition) is 6. The van der Waals surface area contributed by atoms with Gasteiger partial charge in [-0.1, -0.05) is 12.1 Å². The van der Waals surface area contributed by atoms with Gasteiger partial charge in [0.05, 0.1) is 32.6 Å². The highest BCUT2D eigenvalue weighted by Crippen LogP contribution is 2.36. The summed E-state index contributed by atoms with van der Waals surface area (Å²) in [6.45, 7) is 0. The summed E-state index contributed by atoms with van der Waals surface area (Å²) < 4.78 is 15.6. The van der Waals surface area contributed by atoms with Crippen molar-refractivity contribution in [3.05, 3.63) is 53.6 Å². The lowest BCUT2D eigenvalue weighted by Crippen LogP contribution is -2.09. The number of benzene rings is 2. The lowest BCUT2D eigenvalue weighted by molar-refractivity contribution is -0.133. The van der Waals surface area contributed by atoms with Crippen molar-refractivity contribution < 1.29 is 28.9 Å². The first-order valence-corrected chi connectivity index (χ1v) is 9.26.